The molecule has 0 fully saturated rings. The van der Waals surface area contributed by atoms with Gasteiger partial charge in [0.25, 0.3) is 5.91 Å². The summed E-state index contributed by atoms with van der Waals surface area (Å²) >= 11 is 0. The fourth-order valence-corrected chi connectivity index (χ4v) is 3.03. The minimum Gasteiger partial charge on any atom is -0.493 e. The molecule has 2 rings (SSSR count). The van der Waals surface area contributed by atoms with E-state index in [-0.39, 0.29) is 29.9 Å². The van der Waals surface area contributed by atoms with Gasteiger partial charge in [-0.05, 0) is 41.8 Å². The number of rotatable bonds is 8. The summed E-state index contributed by atoms with van der Waals surface area (Å²) in [5.41, 5.74) is 2.93. The van der Waals surface area contributed by atoms with E-state index in [9.17, 15) is 4.79 Å². The first-order valence-electron chi connectivity index (χ1n) is 9.82. The molecule has 0 bridgehead atoms. The molecule has 0 atom stereocenters. The van der Waals surface area contributed by atoms with Crippen LogP contribution in [0.1, 0.15) is 21.5 Å². The highest BCUT2D eigenvalue weighted by Gasteiger charge is 2.10. The third kappa shape index (κ3) is 7.61. The molecule has 0 unspecified atom stereocenters. The van der Waals surface area contributed by atoms with E-state index in [0.717, 1.165) is 41.6 Å². The molecule has 0 saturated carbocycles. The lowest BCUT2D eigenvalue weighted by atomic mass is 10.1. The third-order valence-corrected chi connectivity index (χ3v) is 4.81. The number of nitrogens with zero attached hydrogens (tertiary/aromatic N) is 3. The van der Waals surface area contributed by atoms with Gasteiger partial charge in [0.05, 0.1) is 14.2 Å². The van der Waals surface area contributed by atoms with Gasteiger partial charge in [-0.25, -0.2) is 0 Å². The maximum absolute atomic E-state index is 12.0. The van der Waals surface area contributed by atoms with Crippen LogP contribution in [0.25, 0.3) is 0 Å². The Hall–Kier alpha value is -2.49. The molecule has 2 aromatic rings. The van der Waals surface area contributed by atoms with Crippen LogP contribution in [0.3, 0.4) is 0 Å². The van der Waals surface area contributed by atoms with Crippen molar-refractivity contribution in [2.75, 3.05) is 49.0 Å². The monoisotopic (exact) mass is 540 g/mol. The lowest BCUT2D eigenvalue weighted by Gasteiger charge is -2.22. The summed E-state index contributed by atoms with van der Waals surface area (Å²) in [5, 5.41) is 3.37. The zero-order chi connectivity index (χ0) is 22.1. The summed E-state index contributed by atoms with van der Waals surface area (Å²) in [6, 6.07) is 13.6. The molecule has 8 heteroatoms. The average molecular weight is 540 g/mol. The number of nitrogens with one attached hydrogen (secondary N) is 1. The van der Waals surface area contributed by atoms with Gasteiger partial charge in [-0.15, -0.1) is 24.0 Å². The van der Waals surface area contributed by atoms with Crippen molar-refractivity contribution in [3.8, 4) is 11.5 Å². The van der Waals surface area contributed by atoms with Gasteiger partial charge in [0.15, 0.2) is 17.5 Å². The third-order valence-electron chi connectivity index (χ3n) is 4.81. The van der Waals surface area contributed by atoms with Gasteiger partial charge in [0, 0.05) is 46.8 Å². The molecular formula is C23H33IN4O3. The predicted octanol–water partition coefficient (Wildman–Crippen LogP) is 3.27. The van der Waals surface area contributed by atoms with Crippen molar-refractivity contribution in [2.45, 2.75) is 13.0 Å². The standard InChI is InChI=1S/C23H32N4O3.HI/c1-24-23(25-16-18-7-10-19(11-8-18)22(28)26(2)3)27(4)14-13-17-9-12-20(29-5)21(15-17)30-6;/h7-12,15H,13-14,16H2,1-6H3,(H,24,25);1H. The summed E-state index contributed by atoms with van der Waals surface area (Å²) < 4.78 is 10.7. The largest absolute Gasteiger partial charge is 0.493 e. The van der Waals surface area contributed by atoms with Crippen LogP contribution in [0, 0.1) is 0 Å². The Morgan fingerprint density at radius 3 is 2.13 bits per heavy atom. The number of amides is 1. The number of halogens is 1. The lowest BCUT2D eigenvalue weighted by molar-refractivity contribution is 0.0827. The molecule has 0 spiro atoms. The summed E-state index contributed by atoms with van der Waals surface area (Å²) in [5.74, 6) is 2.27. The first kappa shape index (κ1) is 26.5. The summed E-state index contributed by atoms with van der Waals surface area (Å²) in [7, 11) is 10.6. The molecule has 0 aliphatic rings. The molecule has 0 saturated heterocycles. The van der Waals surface area contributed by atoms with Crippen molar-refractivity contribution in [3.63, 3.8) is 0 Å². The highest BCUT2D eigenvalue weighted by Crippen LogP contribution is 2.27. The van der Waals surface area contributed by atoms with E-state index < -0.39 is 0 Å². The van der Waals surface area contributed by atoms with Crippen LogP contribution in [-0.2, 0) is 13.0 Å². The van der Waals surface area contributed by atoms with Gasteiger partial charge < -0.3 is 24.6 Å². The number of methoxy groups -OCH3 is 2. The van der Waals surface area contributed by atoms with E-state index in [1.165, 1.54) is 0 Å². The summed E-state index contributed by atoms with van der Waals surface area (Å²) in [4.78, 5) is 20.0. The number of aliphatic imine (C=N–C) groups is 1. The molecule has 0 heterocycles. The zero-order valence-electron chi connectivity index (χ0n) is 19.1. The highest BCUT2D eigenvalue weighted by molar-refractivity contribution is 14.0. The fraction of sp³-hybridized carbons (Fsp3) is 0.391. The summed E-state index contributed by atoms with van der Waals surface area (Å²) in [6.07, 6.45) is 0.846. The van der Waals surface area contributed by atoms with E-state index >= 15 is 0 Å². The van der Waals surface area contributed by atoms with Crippen LogP contribution in [0.15, 0.2) is 47.5 Å². The van der Waals surface area contributed by atoms with E-state index in [4.69, 9.17) is 9.47 Å². The van der Waals surface area contributed by atoms with Gasteiger partial charge in [-0.2, -0.15) is 0 Å². The van der Waals surface area contributed by atoms with Crippen LogP contribution in [0.4, 0.5) is 0 Å². The second kappa shape index (κ2) is 13.0. The van der Waals surface area contributed by atoms with Crippen molar-refractivity contribution in [3.05, 3.63) is 59.2 Å². The maximum Gasteiger partial charge on any atom is 0.253 e. The topological polar surface area (TPSA) is 66.4 Å². The van der Waals surface area contributed by atoms with Crippen molar-refractivity contribution < 1.29 is 14.3 Å². The van der Waals surface area contributed by atoms with Crippen LogP contribution in [0.5, 0.6) is 11.5 Å². The number of benzene rings is 2. The molecule has 0 aliphatic carbocycles. The molecule has 0 aromatic heterocycles. The number of hydrogen-bond acceptors (Lipinski definition) is 4. The van der Waals surface area contributed by atoms with Gasteiger partial charge in [0.1, 0.15) is 0 Å². The molecule has 2 aromatic carbocycles. The van der Waals surface area contributed by atoms with E-state index in [0.29, 0.717) is 12.1 Å². The van der Waals surface area contributed by atoms with Crippen molar-refractivity contribution in [1.82, 2.24) is 15.1 Å². The molecule has 1 amide bonds. The first-order valence-corrected chi connectivity index (χ1v) is 9.82. The molecule has 1 N–H and O–H groups in total. The Labute approximate surface area is 202 Å². The molecule has 31 heavy (non-hydrogen) atoms. The van der Waals surface area contributed by atoms with Gasteiger partial charge in [0.2, 0.25) is 0 Å². The SMILES string of the molecule is CN=C(NCc1ccc(C(=O)N(C)C)cc1)N(C)CCc1ccc(OC)c(OC)c1.I. The quantitative estimate of drug-likeness (QED) is 0.317. The number of ether oxygens (including phenoxy) is 2. The second-order valence-electron chi connectivity index (χ2n) is 7.16. The van der Waals surface area contributed by atoms with Crippen molar-refractivity contribution in [2.24, 2.45) is 4.99 Å². The van der Waals surface area contributed by atoms with E-state index in [1.54, 1.807) is 40.3 Å². The van der Waals surface area contributed by atoms with Crippen LogP contribution in [-0.4, -0.2) is 70.6 Å². The Morgan fingerprint density at radius 1 is 0.968 bits per heavy atom. The summed E-state index contributed by atoms with van der Waals surface area (Å²) in [6.45, 7) is 1.43. The van der Waals surface area contributed by atoms with Gasteiger partial charge in [-0.3, -0.25) is 9.79 Å². The van der Waals surface area contributed by atoms with E-state index in [2.05, 4.69) is 15.2 Å². The Balaban J connectivity index is 0.00000480. The minimum absolute atomic E-state index is 0. The molecule has 0 aliphatic heterocycles. The van der Waals surface area contributed by atoms with E-state index in [1.807, 2.05) is 49.5 Å². The Bertz CT molecular complexity index is 870. The predicted molar refractivity (Wildman–Crippen MR) is 136 cm³/mol. The normalized spacial score (nSPS) is 10.7. The van der Waals surface area contributed by atoms with Crippen molar-refractivity contribution >= 4 is 35.8 Å². The first-order chi connectivity index (χ1) is 14.4. The number of likely N-dealkylation sites (N-methyl/N-ethyl adjacent to an activating group) is 1. The highest BCUT2D eigenvalue weighted by atomic mass is 127. The molecule has 170 valence electrons. The number of carbonyl (C=O) groups excluding carboxylic acids is 1. The fourth-order valence-electron chi connectivity index (χ4n) is 3.03. The van der Waals surface area contributed by atoms with Crippen LogP contribution in [0.2, 0.25) is 0 Å². The van der Waals surface area contributed by atoms with Gasteiger partial charge in [-0.1, -0.05) is 18.2 Å². The smallest absolute Gasteiger partial charge is 0.253 e. The zero-order valence-corrected chi connectivity index (χ0v) is 21.5. The van der Waals surface area contributed by atoms with Crippen molar-refractivity contribution in [1.29, 1.82) is 0 Å². The van der Waals surface area contributed by atoms with Gasteiger partial charge >= 0.3 is 0 Å². The average Bonchev–Trinajstić information content (AvgIpc) is 2.77. The number of guanidine groups is 1. The number of carbonyl (C=O) groups is 1. The van der Waals surface area contributed by atoms with Crippen LogP contribution < -0.4 is 14.8 Å². The second-order valence-corrected chi connectivity index (χ2v) is 7.16. The Morgan fingerprint density at radius 2 is 1.58 bits per heavy atom. The lowest BCUT2D eigenvalue weighted by Crippen LogP contribution is -2.39. The molecule has 7 nitrogen and oxygen atoms in total. The Kier molecular flexibility index (Phi) is 11.2. The molecular weight excluding hydrogens is 507 g/mol. The van der Waals surface area contributed by atoms with Crippen LogP contribution >= 0.6 is 24.0 Å². The number of hydrogen-bond donors (Lipinski definition) is 1. The molecule has 0 radical (unpaired) electrons. The maximum atomic E-state index is 12.0. The minimum atomic E-state index is 0.